The molecule has 1 N–H and O–H groups in total. The van der Waals surface area contributed by atoms with E-state index < -0.39 is 5.97 Å². The van der Waals surface area contributed by atoms with Crippen molar-refractivity contribution in [3.63, 3.8) is 0 Å². The summed E-state index contributed by atoms with van der Waals surface area (Å²) in [6, 6.07) is 0. The summed E-state index contributed by atoms with van der Waals surface area (Å²) < 4.78 is 0. The first-order valence-corrected chi connectivity index (χ1v) is 7.13. The summed E-state index contributed by atoms with van der Waals surface area (Å²) >= 11 is 0. The summed E-state index contributed by atoms with van der Waals surface area (Å²) in [7, 11) is 0. The van der Waals surface area contributed by atoms with Gasteiger partial charge >= 0.3 is 51.4 Å². The predicted molar refractivity (Wildman–Crippen MR) is 69.9 cm³/mol. The van der Waals surface area contributed by atoms with Gasteiger partial charge in [0.05, 0.1) is 12.5 Å². The normalized spacial score (nSPS) is 9.74. The monoisotopic (exact) mass is 295 g/mol. The molecule has 0 spiro atoms. The molecule has 19 heavy (non-hydrogen) atoms. The third-order valence-electron chi connectivity index (χ3n) is 2.94. The SMILES string of the molecule is CCCCCCCCCCCC(=O)NCC(=O)[O-].[K+]. The van der Waals surface area contributed by atoms with Gasteiger partial charge in [0.25, 0.3) is 0 Å². The number of amides is 1. The van der Waals surface area contributed by atoms with E-state index in [1.165, 1.54) is 44.9 Å². The average molecular weight is 295 g/mol. The van der Waals surface area contributed by atoms with Crippen LogP contribution in [0.5, 0.6) is 0 Å². The molecule has 0 rings (SSSR count). The topological polar surface area (TPSA) is 69.2 Å². The molecule has 0 aromatic rings. The summed E-state index contributed by atoms with van der Waals surface area (Å²) in [6.45, 7) is 1.84. The molecule has 4 nitrogen and oxygen atoms in total. The molecule has 0 fully saturated rings. The molecule has 0 aliphatic heterocycles. The average Bonchev–Trinajstić information content (AvgIpc) is 2.34. The van der Waals surface area contributed by atoms with Crippen LogP contribution in [0.1, 0.15) is 71.1 Å². The van der Waals surface area contributed by atoms with Crippen LogP contribution in [-0.2, 0) is 9.59 Å². The Kier molecular flexibility index (Phi) is 19.1. The van der Waals surface area contributed by atoms with Crippen molar-refractivity contribution in [3.05, 3.63) is 0 Å². The van der Waals surface area contributed by atoms with Crippen molar-refractivity contribution in [2.75, 3.05) is 6.54 Å². The molecular formula is C14H26KNO3. The number of carboxylic acids is 1. The molecule has 0 saturated carbocycles. The van der Waals surface area contributed by atoms with Gasteiger partial charge in [0, 0.05) is 6.42 Å². The van der Waals surface area contributed by atoms with Crippen LogP contribution in [0, 0.1) is 0 Å². The summed E-state index contributed by atoms with van der Waals surface area (Å²) in [5.41, 5.74) is 0. The van der Waals surface area contributed by atoms with E-state index in [0.29, 0.717) is 6.42 Å². The molecule has 0 heterocycles. The van der Waals surface area contributed by atoms with Crippen LogP contribution in [0.2, 0.25) is 0 Å². The Morgan fingerprint density at radius 1 is 0.895 bits per heavy atom. The Balaban J connectivity index is 0. The van der Waals surface area contributed by atoms with E-state index in [1.807, 2.05) is 0 Å². The zero-order chi connectivity index (χ0) is 13.6. The Labute approximate surface area is 159 Å². The number of carbonyl (C=O) groups excluding carboxylic acids is 2. The maximum absolute atomic E-state index is 11.2. The van der Waals surface area contributed by atoms with Crippen LogP contribution in [0.15, 0.2) is 0 Å². The number of rotatable bonds is 12. The minimum Gasteiger partial charge on any atom is -0.548 e. The van der Waals surface area contributed by atoms with Gasteiger partial charge in [-0.05, 0) is 6.42 Å². The second-order valence-corrected chi connectivity index (χ2v) is 4.73. The first-order chi connectivity index (χ1) is 8.66. The van der Waals surface area contributed by atoms with E-state index in [2.05, 4.69) is 12.2 Å². The van der Waals surface area contributed by atoms with Gasteiger partial charge < -0.3 is 15.2 Å². The fourth-order valence-corrected chi connectivity index (χ4v) is 1.86. The molecule has 5 heteroatoms. The van der Waals surface area contributed by atoms with Gasteiger partial charge in [0.1, 0.15) is 0 Å². The minimum atomic E-state index is -1.24. The molecule has 106 valence electrons. The number of unbranched alkanes of at least 4 members (excludes halogenated alkanes) is 8. The van der Waals surface area contributed by atoms with Crippen LogP contribution < -0.4 is 61.8 Å². The standard InChI is InChI=1S/C14H27NO3.K/c1-2-3-4-5-6-7-8-9-10-11-13(16)15-12-14(17)18;/h2-12H2,1H3,(H,15,16)(H,17,18);/q;+1/p-1. The van der Waals surface area contributed by atoms with E-state index in [0.717, 1.165) is 12.8 Å². The Bertz CT molecular complexity index is 235. The van der Waals surface area contributed by atoms with Crippen molar-refractivity contribution in [3.8, 4) is 0 Å². The van der Waals surface area contributed by atoms with Crippen molar-refractivity contribution in [2.45, 2.75) is 71.1 Å². The third-order valence-corrected chi connectivity index (χ3v) is 2.94. The zero-order valence-corrected chi connectivity index (χ0v) is 15.6. The largest absolute Gasteiger partial charge is 1.00 e. The van der Waals surface area contributed by atoms with Crippen LogP contribution in [0.3, 0.4) is 0 Å². The van der Waals surface area contributed by atoms with Gasteiger partial charge in [0.15, 0.2) is 0 Å². The summed E-state index contributed by atoms with van der Waals surface area (Å²) in [4.78, 5) is 21.3. The van der Waals surface area contributed by atoms with Crippen molar-refractivity contribution < 1.29 is 66.1 Å². The van der Waals surface area contributed by atoms with Crippen molar-refractivity contribution in [2.24, 2.45) is 0 Å². The molecule has 0 aromatic heterocycles. The van der Waals surface area contributed by atoms with E-state index in [4.69, 9.17) is 0 Å². The maximum Gasteiger partial charge on any atom is 1.00 e. The smallest absolute Gasteiger partial charge is 0.548 e. The quantitative estimate of drug-likeness (QED) is 0.362. The van der Waals surface area contributed by atoms with E-state index >= 15 is 0 Å². The Hall–Kier alpha value is 0.576. The first kappa shape index (κ1) is 21.9. The van der Waals surface area contributed by atoms with Gasteiger partial charge in [0.2, 0.25) is 5.91 Å². The summed E-state index contributed by atoms with van der Waals surface area (Å²) in [5, 5.41) is 12.4. The number of hydrogen-bond acceptors (Lipinski definition) is 3. The molecule has 0 saturated heterocycles. The number of nitrogens with one attached hydrogen (secondary N) is 1. The second-order valence-electron chi connectivity index (χ2n) is 4.73. The molecule has 0 unspecified atom stereocenters. The Morgan fingerprint density at radius 2 is 1.37 bits per heavy atom. The zero-order valence-electron chi connectivity index (χ0n) is 12.5. The van der Waals surface area contributed by atoms with E-state index in [9.17, 15) is 14.7 Å². The second kappa shape index (κ2) is 16.6. The number of carboxylic acid groups (broad SMARTS) is 1. The third kappa shape index (κ3) is 18.6. The van der Waals surface area contributed by atoms with E-state index in [-0.39, 0.29) is 63.8 Å². The molecular weight excluding hydrogens is 269 g/mol. The molecule has 0 bridgehead atoms. The summed E-state index contributed by atoms with van der Waals surface area (Å²) in [5.74, 6) is -1.43. The predicted octanol–water partition coefficient (Wildman–Crippen LogP) is -1.22. The van der Waals surface area contributed by atoms with Gasteiger partial charge in [-0.25, -0.2) is 0 Å². The first-order valence-electron chi connectivity index (χ1n) is 7.13. The number of hydrogen-bond donors (Lipinski definition) is 1. The number of carbonyl (C=O) groups is 2. The summed E-state index contributed by atoms with van der Waals surface area (Å²) in [6.07, 6.45) is 11.3. The van der Waals surface area contributed by atoms with Gasteiger partial charge in [-0.3, -0.25) is 4.79 Å². The van der Waals surface area contributed by atoms with E-state index in [1.54, 1.807) is 0 Å². The molecule has 0 aromatic carbocycles. The fourth-order valence-electron chi connectivity index (χ4n) is 1.86. The van der Waals surface area contributed by atoms with Gasteiger partial charge in [-0.15, -0.1) is 0 Å². The van der Waals surface area contributed by atoms with Gasteiger partial charge in [-0.1, -0.05) is 58.3 Å². The van der Waals surface area contributed by atoms with Crippen molar-refractivity contribution in [1.29, 1.82) is 0 Å². The molecule has 0 aliphatic rings. The minimum absolute atomic E-state index is 0. The van der Waals surface area contributed by atoms with Crippen molar-refractivity contribution in [1.82, 2.24) is 5.32 Å². The van der Waals surface area contributed by atoms with Crippen LogP contribution in [0.4, 0.5) is 0 Å². The number of aliphatic carboxylic acids is 1. The maximum atomic E-state index is 11.2. The molecule has 0 aliphatic carbocycles. The molecule has 1 amide bonds. The Morgan fingerprint density at radius 3 is 1.84 bits per heavy atom. The molecule has 0 atom stereocenters. The van der Waals surface area contributed by atoms with Crippen molar-refractivity contribution >= 4 is 11.9 Å². The molecule has 0 radical (unpaired) electrons. The van der Waals surface area contributed by atoms with Crippen LogP contribution in [0.25, 0.3) is 0 Å². The van der Waals surface area contributed by atoms with Gasteiger partial charge in [-0.2, -0.15) is 0 Å². The van der Waals surface area contributed by atoms with Crippen LogP contribution >= 0.6 is 0 Å². The van der Waals surface area contributed by atoms with Crippen LogP contribution in [-0.4, -0.2) is 18.4 Å². The fraction of sp³-hybridized carbons (Fsp3) is 0.857.